The van der Waals surface area contributed by atoms with Gasteiger partial charge < -0.3 is 9.47 Å². The first-order chi connectivity index (χ1) is 11.0. The zero-order chi connectivity index (χ0) is 15.9. The van der Waals surface area contributed by atoms with Gasteiger partial charge in [-0.3, -0.25) is 0 Å². The molecular formula is C21H30O2. The largest absolute Gasteiger partial charge is 0.501 e. The highest BCUT2D eigenvalue weighted by Crippen LogP contribution is 2.70. The average Bonchev–Trinajstić information content (AvgIpc) is 3.28. The molecule has 126 valence electrons. The molecule has 5 rings (SSSR count). The molecule has 0 N–H and O–H groups in total. The number of epoxide rings is 1. The molecular weight excluding hydrogens is 284 g/mol. The summed E-state index contributed by atoms with van der Waals surface area (Å²) >= 11 is 0. The molecule has 0 aromatic carbocycles. The summed E-state index contributed by atoms with van der Waals surface area (Å²) in [7, 11) is 1.82. The molecule has 4 aliphatic carbocycles. The Bertz CT molecular complexity index is 599. The second kappa shape index (κ2) is 4.45. The smallest absolute Gasteiger partial charge is 0.0972 e. The van der Waals surface area contributed by atoms with E-state index < -0.39 is 0 Å². The van der Waals surface area contributed by atoms with Crippen LogP contribution in [0.4, 0.5) is 0 Å². The third-order valence-corrected chi connectivity index (χ3v) is 8.78. The monoisotopic (exact) mass is 314 g/mol. The van der Waals surface area contributed by atoms with Crippen LogP contribution in [0.15, 0.2) is 23.5 Å². The molecule has 0 amide bonds. The molecule has 1 saturated heterocycles. The van der Waals surface area contributed by atoms with Gasteiger partial charge in [0.05, 0.1) is 25.1 Å². The summed E-state index contributed by atoms with van der Waals surface area (Å²) in [5, 5.41) is 0. The fraction of sp³-hybridized carbons (Fsp3) is 0.810. The summed E-state index contributed by atoms with van der Waals surface area (Å²) in [5.41, 5.74) is 2.69. The molecule has 3 fully saturated rings. The number of ether oxygens (including phenoxy) is 2. The maximum atomic E-state index is 6.03. The number of methoxy groups -OCH3 is 1. The Hall–Kier alpha value is -0.760. The Morgan fingerprint density at radius 1 is 1.13 bits per heavy atom. The fourth-order valence-corrected chi connectivity index (χ4v) is 7.11. The highest BCUT2D eigenvalue weighted by molar-refractivity contribution is 5.36. The van der Waals surface area contributed by atoms with Crippen molar-refractivity contribution < 1.29 is 9.47 Å². The Morgan fingerprint density at radius 2 is 1.91 bits per heavy atom. The van der Waals surface area contributed by atoms with E-state index in [4.69, 9.17) is 9.47 Å². The molecule has 23 heavy (non-hydrogen) atoms. The van der Waals surface area contributed by atoms with Crippen molar-refractivity contribution in [3.63, 3.8) is 0 Å². The van der Waals surface area contributed by atoms with Crippen LogP contribution in [0.3, 0.4) is 0 Å². The minimum atomic E-state index is 0.281. The van der Waals surface area contributed by atoms with Crippen LogP contribution in [0.5, 0.6) is 0 Å². The van der Waals surface area contributed by atoms with E-state index in [9.17, 15) is 0 Å². The van der Waals surface area contributed by atoms with Gasteiger partial charge in [0.1, 0.15) is 0 Å². The lowest BCUT2D eigenvalue weighted by Gasteiger charge is -2.56. The van der Waals surface area contributed by atoms with Crippen LogP contribution in [-0.4, -0.2) is 19.3 Å². The van der Waals surface area contributed by atoms with Gasteiger partial charge in [0.25, 0.3) is 0 Å². The zero-order valence-electron chi connectivity index (χ0n) is 14.9. The van der Waals surface area contributed by atoms with E-state index in [0.717, 1.165) is 30.8 Å². The third kappa shape index (κ3) is 1.69. The first-order valence-corrected chi connectivity index (χ1v) is 9.62. The highest BCUT2D eigenvalue weighted by Gasteiger charge is 2.69. The van der Waals surface area contributed by atoms with Crippen molar-refractivity contribution in [2.75, 3.05) is 13.7 Å². The van der Waals surface area contributed by atoms with Crippen LogP contribution < -0.4 is 0 Å². The summed E-state index contributed by atoms with van der Waals surface area (Å²) in [4.78, 5) is 0. The van der Waals surface area contributed by atoms with E-state index in [-0.39, 0.29) is 5.60 Å². The first kappa shape index (κ1) is 14.6. The lowest BCUT2D eigenvalue weighted by molar-refractivity contribution is -0.0446. The number of fused-ring (bicyclic) bond motifs is 6. The van der Waals surface area contributed by atoms with Crippen LogP contribution in [0.2, 0.25) is 0 Å². The molecule has 1 aliphatic heterocycles. The molecule has 2 saturated carbocycles. The van der Waals surface area contributed by atoms with Gasteiger partial charge in [-0.05, 0) is 73.3 Å². The quantitative estimate of drug-likeness (QED) is 0.645. The van der Waals surface area contributed by atoms with Crippen LogP contribution in [0.25, 0.3) is 0 Å². The Balaban J connectivity index is 1.51. The van der Waals surface area contributed by atoms with E-state index in [1.165, 1.54) is 44.3 Å². The molecule has 2 heteroatoms. The Labute approximate surface area is 140 Å². The molecule has 1 spiro atoms. The van der Waals surface area contributed by atoms with Crippen molar-refractivity contribution in [2.24, 2.45) is 28.6 Å². The Morgan fingerprint density at radius 3 is 2.65 bits per heavy atom. The average molecular weight is 314 g/mol. The summed E-state index contributed by atoms with van der Waals surface area (Å²) in [6.45, 7) is 6.13. The summed E-state index contributed by atoms with van der Waals surface area (Å²) in [5.74, 6) is 3.80. The molecule has 0 aromatic rings. The van der Waals surface area contributed by atoms with E-state index >= 15 is 0 Å². The first-order valence-electron chi connectivity index (χ1n) is 9.62. The van der Waals surface area contributed by atoms with Gasteiger partial charge in [0.2, 0.25) is 0 Å². The van der Waals surface area contributed by atoms with E-state index in [1.807, 2.05) is 7.11 Å². The van der Waals surface area contributed by atoms with Crippen molar-refractivity contribution in [3.8, 4) is 0 Å². The topological polar surface area (TPSA) is 21.8 Å². The predicted octanol–water partition coefficient (Wildman–Crippen LogP) is 4.86. The van der Waals surface area contributed by atoms with Crippen LogP contribution in [0.1, 0.15) is 58.8 Å². The van der Waals surface area contributed by atoms with Gasteiger partial charge in [-0.25, -0.2) is 0 Å². The van der Waals surface area contributed by atoms with Crippen molar-refractivity contribution in [1.29, 1.82) is 0 Å². The third-order valence-electron chi connectivity index (χ3n) is 8.78. The number of rotatable bonds is 1. The van der Waals surface area contributed by atoms with Crippen molar-refractivity contribution in [1.82, 2.24) is 0 Å². The molecule has 2 nitrogen and oxygen atoms in total. The Kier molecular flexibility index (Phi) is 2.82. The van der Waals surface area contributed by atoms with E-state index in [0.29, 0.717) is 10.8 Å². The standard InChI is InChI=1S/C21H30O2/c1-19-9-6-15(22-3)12-14(19)4-5-16-17(19)7-10-20(2)18(16)8-11-21(20)13-23-21/h4,12,16-18H,5-11,13H2,1-3H3/t16-,17?,18?,19+,20+,21-/m0/s1. The fourth-order valence-electron chi connectivity index (χ4n) is 7.11. The maximum absolute atomic E-state index is 6.03. The van der Waals surface area contributed by atoms with E-state index in [1.54, 1.807) is 5.57 Å². The van der Waals surface area contributed by atoms with Gasteiger partial charge in [0.15, 0.2) is 0 Å². The summed E-state index contributed by atoms with van der Waals surface area (Å²) < 4.78 is 11.6. The molecule has 1 heterocycles. The normalized spacial score (nSPS) is 53.8. The highest BCUT2D eigenvalue weighted by atomic mass is 16.6. The van der Waals surface area contributed by atoms with Gasteiger partial charge in [-0.15, -0.1) is 0 Å². The summed E-state index contributed by atoms with van der Waals surface area (Å²) in [6.07, 6.45) is 14.1. The lowest BCUT2D eigenvalue weighted by atomic mass is 9.48. The van der Waals surface area contributed by atoms with Gasteiger partial charge >= 0.3 is 0 Å². The minimum Gasteiger partial charge on any atom is -0.501 e. The predicted molar refractivity (Wildman–Crippen MR) is 90.9 cm³/mol. The molecule has 5 aliphatic rings. The molecule has 0 aromatic heterocycles. The lowest BCUT2D eigenvalue weighted by Crippen LogP contribution is -2.50. The van der Waals surface area contributed by atoms with E-state index in [2.05, 4.69) is 26.0 Å². The number of hydrogen-bond acceptors (Lipinski definition) is 2. The zero-order valence-corrected chi connectivity index (χ0v) is 14.9. The van der Waals surface area contributed by atoms with Crippen molar-refractivity contribution >= 4 is 0 Å². The second-order valence-electron chi connectivity index (χ2n) is 9.28. The van der Waals surface area contributed by atoms with Gasteiger partial charge in [0, 0.05) is 11.8 Å². The molecule has 6 atom stereocenters. The van der Waals surface area contributed by atoms with Crippen LogP contribution in [0, 0.1) is 28.6 Å². The SMILES string of the molecule is COC1=CC2=CC[C@H]3C(CC[C@]4(C)C3CC[C@]43CO3)[C@]2(C)CC1. The molecule has 0 bridgehead atoms. The maximum Gasteiger partial charge on any atom is 0.0972 e. The van der Waals surface area contributed by atoms with Gasteiger partial charge in [-0.1, -0.05) is 19.9 Å². The second-order valence-corrected chi connectivity index (χ2v) is 9.28. The van der Waals surface area contributed by atoms with Crippen LogP contribution >= 0.6 is 0 Å². The van der Waals surface area contributed by atoms with Crippen molar-refractivity contribution in [3.05, 3.63) is 23.5 Å². The number of allylic oxidation sites excluding steroid dienone is 4. The van der Waals surface area contributed by atoms with Crippen molar-refractivity contribution in [2.45, 2.75) is 64.4 Å². The summed E-state index contributed by atoms with van der Waals surface area (Å²) in [6, 6.07) is 0. The number of hydrogen-bond donors (Lipinski definition) is 0. The minimum absolute atomic E-state index is 0.281. The molecule has 2 unspecified atom stereocenters. The van der Waals surface area contributed by atoms with Gasteiger partial charge in [-0.2, -0.15) is 0 Å². The van der Waals surface area contributed by atoms with Crippen LogP contribution in [-0.2, 0) is 9.47 Å². The molecule has 0 radical (unpaired) electrons.